The number of hydrogen-bond acceptors (Lipinski definition) is 4. The van der Waals surface area contributed by atoms with Crippen LogP contribution in [0.1, 0.15) is 4.88 Å². The Hall–Kier alpha value is -1.98. The summed E-state index contributed by atoms with van der Waals surface area (Å²) < 4.78 is 1.82. The van der Waals surface area contributed by atoms with Crippen LogP contribution in [0.4, 0.5) is 0 Å². The van der Waals surface area contributed by atoms with Gasteiger partial charge in [0, 0.05) is 10.3 Å². The topological polar surface area (TPSA) is 43.6 Å². The molecular formula is C14H9ClN4S. The van der Waals surface area contributed by atoms with Crippen LogP contribution in [0.15, 0.2) is 36.5 Å². The maximum atomic E-state index is 6.04. The smallest absolute Gasteiger partial charge is 0.214 e. The molecule has 3 heterocycles. The molecule has 4 aromatic rings. The van der Waals surface area contributed by atoms with Gasteiger partial charge in [0.15, 0.2) is 5.82 Å². The van der Waals surface area contributed by atoms with E-state index in [2.05, 4.69) is 21.1 Å². The third-order valence-electron chi connectivity index (χ3n) is 3.15. The second-order valence-corrected chi connectivity index (χ2v) is 6.08. The van der Waals surface area contributed by atoms with Crippen LogP contribution in [-0.4, -0.2) is 19.7 Å². The van der Waals surface area contributed by atoms with Crippen molar-refractivity contribution in [3.63, 3.8) is 0 Å². The van der Waals surface area contributed by atoms with Crippen LogP contribution in [0.25, 0.3) is 26.9 Å². The molecule has 0 fully saturated rings. The molecule has 4 nitrogen and oxygen atoms in total. The predicted molar refractivity (Wildman–Crippen MR) is 81.8 cm³/mol. The van der Waals surface area contributed by atoms with Gasteiger partial charge in [-0.05, 0) is 30.7 Å². The fourth-order valence-corrected chi connectivity index (χ4v) is 3.39. The van der Waals surface area contributed by atoms with Gasteiger partial charge < -0.3 is 0 Å². The number of benzene rings is 1. The van der Waals surface area contributed by atoms with Crippen molar-refractivity contribution in [2.24, 2.45) is 0 Å². The van der Waals surface area contributed by atoms with Crippen LogP contribution in [0.3, 0.4) is 0 Å². The van der Waals surface area contributed by atoms with Gasteiger partial charge in [0.25, 0.3) is 0 Å². The Balaban J connectivity index is 2.11. The molecule has 0 bridgehead atoms. The summed E-state index contributed by atoms with van der Waals surface area (Å²) in [6.07, 6.45) is 1.83. The Morgan fingerprint density at radius 3 is 2.95 bits per heavy atom. The standard InChI is InChI=1S/C14H9ClN4S/c1-8-6-10-12(17-14(15)18-13(10)20-8)19-11-5-3-2-4-9(11)7-16-19/h2-7H,1H3. The summed E-state index contributed by atoms with van der Waals surface area (Å²) in [5.41, 5.74) is 1.01. The summed E-state index contributed by atoms with van der Waals surface area (Å²) in [6, 6.07) is 10.1. The Morgan fingerprint density at radius 1 is 1.20 bits per heavy atom. The van der Waals surface area contributed by atoms with Crippen molar-refractivity contribution >= 4 is 44.1 Å². The quantitative estimate of drug-likeness (QED) is 0.499. The van der Waals surface area contributed by atoms with Crippen LogP contribution < -0.4 is 0 Å². The van der Waals surface area contributed by atoms with Crippen molar-refractivity contribution in [3.8, 4) is 5.82 Å². The molecule has 0 aliphatic carbocycles. The normalized spacial score (nSPS) is 11.5. The largest absolute Gasteiger partial charge is 0.225 e. The highest BCUT2D eigenvalue weighted by atomic mass is 35.5. The minimum absolute atomic E-state index is 0.244. The van der Waals surface area contributed by atoms with Crippen molar-refractivity contribution in [1.29, 1.82) is 0 Å². The van der Waals surface area contributed by atoms with Crippen LogP contribution in [-0.2, 0) is 0 Å². The maximum absolute atomic E-state index is 6.04. The second kappa shape index (κ2) is 4.26. The van der Waals surface area contributed by atoms with Crippen LogP contribution in [0.5, 0.6) is 0 Å². The number of hydrogen-bond donors (Lipinski definition) is 0. The first-order valence-electron chi connectivity index (χ1n) is 6.09. The molecule has 0 atom stereocenters. The maximum Gasteiger partial charge on any atom is 0.225 e. The number of rotatable bonds is 1. The molecule has 0 unspecified atom stereocenters. The molecule has 98 valence electrons. The molecule has 0 saturated heterocycles. The van der Waals surface area contributed by atoms with Gasteiger partial charge in [0.1, 0.15) is 4.83 Å². The van der Waals surface area contributed by atoms with Crippen LogP contribution in [0.2, 0.25) is 5.28 Å². The molecule has 20 heavy (non-hydrogen) atoms. The summed E-state index contributed by atoms with van der Waals surface area (Å²) in [4.78, 5) is 10.7. The lowest BCUT2D eigenvalue weighted by molar-refractivity contribution is 0.879. The van der Waals surface area contributed by atoms with Gasteiger partial charge in [-0.2, -0.15) is 10.1 Å². The highest BCUT2D eigenvalue weighted by Crippen LogP contribution is 2.30. The van der Waals surface area contributed by atoms with Gasteiger partial charge in [-0.3, -0.25) is 0 Å². The molecule has 1 aromatic carbocycles. The van der Waals surface area contributed by atoms with Gasteiger partial charge in [-0.15, -0.1) is 11.3 Å². The van der Waals surface area contributed by atoms with Gasteiger partial charge in [0.2, 0.25) is 5.28 Å². The summed E-state index contributed by atoms with van der Waals surface area (Å²) in [5, 5.41) is 6.73. The zero-order chi connectivity index (χ0) is 13.7. The number of thiophene rings is 1. The number of fused-ring (bicyclic) bond motifs is 2. The van der Waals surface area contributed by atoms with Crippen molar-refractivity contribution in [2.75, 3.05) is 0 Å². The van der Waals surface area contributed by atoms with Crippen molar-refractivity contribution in [3.05, 3.63) is 46.7 Å². The Kier molecular flexibility index (Phi) is 2.52. The van der Waals surface area contributed by atoms with Gasteiger partial charge in [0.05, 0.1) is 17.1 Å². The Bertz CT molecular complexity index is 941. The zero-order valence-electron chi connectivity index (χ0n) is 10.5. The molecule has 3 aromatic heterocycles. The van der Waals surface area contributed by atoms with Crippen molar-refractivity contribution in [1.82, 2.24) is 19.7 Å². The Labute approximate surface area is 123 Å². The molecule has 6 heteroatoms. The lowest BCUT2D eigenvalue weighted by Gasteiger charge is -2.04. The van der Waals surface area contributed by atoms with E-state index in [0.29, 0.717) is 0 Å². The van der Waals surface area contributed by atoms with E-state index in [0.717, 1.165) is 26.9 Å². The second-order valence-electron chi connectivity index (χ2n) is 4.51. The monoisotopic (exact) mass is 300 g/mol. The summed E-state index contributed by atoms with van der Waals surface area (Å²) in [5.74, 6) is 0.727. The Morgan fingerprint density at radius 2 is 2.05 bits per heavy atom. The molecule has 0 spiro atoms. The fourth-order valence-electron chi connectivity index (χ4n) is 2.30. The molecule has 0 radical (unpaired) electrons. The molecule has 0 N–H and O–H groups in total. The van der Waals surface area contributed by atoms with E-state index in [1.165, 1.54) is 4.88 Å². The van der Waals surface area contributed by atoms with Crippen molar-refractivity contribution < 1.29 is 0 Å². The van der Waals surface area contributed by atoms with Crippen LogP contribution in [0, 0.1) is 6.92 Å². The summed E-state index contributed by atoms with van der Waals surface area (Å²) >= 11 is 7.65. The van der Waals surface area contributed by atoms with E-state index < -0.39 is 0 Å². The molecule has 4 rings (SSSR count). The van der Waals surface area contributed by atoms with E-state index in [4.69, 9.17) is 11.6 Å². The van der Waals surface area contributed by atoms with Gasteiger partial charge >= 0.3 is 0 Å². The highest BCUT2D eigenvalue weighted by molar-refractivity contribution is 7.18. The van der Waals surface area contributed by atoms with Crippen molar-refractivity contribution in [2.45, 2.75) is 6.92 Å². The van der Waals surface area contributed by atoms with E-state index in [1.807, 2.05) is 42.1 Å². The minimum atomic E-state index is 0.244. The number of aromatic nitrogens is 4. The first kappa shape index (κ1) is 11.8. The summed E-state index contributed by atoms with van der Waals surface area (Å²) in [6.45, 7) is 2.05. The fraction of sp³-hybridized carbons (Fsp3) is 0.0714. The van der Waals surface area contributed by atoms with Crippen LogP contribution >= 0.6 is 22.9 Å². The number of para-hydroxylation sites is 1. The van der Waals surface area contributed by atoms with E-state index in [1.54, 1.807) is 11.3 Å². The van der Waals surface area contributed by atoms with Gasteiger partial charge in [-0.1, -0.05) is 18.2 Å². The lowest BCUT2D eigenvalue weighted by atomic mass is 10.2. The summed E-state index contributed by atoms with van der Waals surface area (Å²) in [7, 11) is 0. The average molecular weight is 301 g/mol. The SMILES string of the molecule is Cc1cc2c(-n3ncc4ccccc43)nc(Cl)nc2s1. The van der Waals surface area contributed by atoms with Gasteiger partial charge in [-0.25, -0.2) is 9.67 Å². The third-order valence-corrected chi connectivity index (χ3v) is 4.26. The van der Waals surface area contributed by atoms with E-state index in [9.17, 15) is 0 Å². The number of nitrogens with zero attached hydrogens (tertiary/aromatic N) is 4. The zero-order valence-corrected chi connectivity index (χ0v) is 12.1. The minimum Gasteiger partial charge on any atom is -0.214 e. The lowest BCUT2D eigenvalue weighted by Crippen LogP contribution is -2.01. The first-order chi connectivity index (χ1) is 9.72. The molecule has 0 aliphatic rings. The third kappa shape index (κ3) is 1.71. The predicted octanol–water partition coefficient (Wildman–Crippen LogP) is 3.99. The van der Waals surface area contributed by atoms with E-state index >= 15 is 0 Å². The average Bonchev–Trinajstić information content (AvgIpc) is 3.00. The highest BCUT2D eigenvalue weighted by Gasteiger charge is 2.14. The molecule has 0 saturated carbocycles. The number of halogens is 1. The molecule has 0 amide bonds. The number of aryl methyl sites for hydroxylation is 1. The molecule has 0 aliphatic heterocycles. The van der Waals surface area contributed by atoms with E-state index in [-0.39, 0.29) is 5.28 Å². The molecular weight excluding hydrogens is 292 g/mol. The first-order valence-corrected chi connectivity index (χ1v) is 7.28.